The summed E-state index contributed by atoms with van der Waals surface area (Å²) in [5.74, 6) is 0.708. The van der Waals surface area contributed by atoms with Crippen molar-refractivity contribution < 1.29 is 9.53 Å². The highest BCUT2D eigenvalue weighted by Gasteiger charge is 2.18. The van der Waals surface area contributed by atoms with E-state index in [0.29, 0.717) is 6.54 Å². The third-order valence-electron chi connectivity index (χ3n) is 4.34. The molecule has 2 heterocycles. The van der Waals surface area contributed by atoms with Crippen LogP contribution < -0.4 is 10.1 Å². The number of ether oxygens (including phenoxy) is 1. The van der Waals surface area contributed by atoms with Gasteiger partial charge < -0.3 is 10.1 Å². The minimum absolute atomic E-state index is 0.0851. The molecule has 7 nitrogen and oxygen atoms in total. The second kappa shape index (κ2) is 7.43. The molecule has 0 saturated carbocycles. The number of aromatic nitrogens is 4. The zero-order valence-electron chi connectivity index (χ0n) is 15.4. The molecule has 0 saturated heterocycles. The van der Waals surface area contributed by atoms with E-state index in [1.54, 1.807) is 18.0 Å². The Morgan fingerprint density at radius 2 is 2.04 bits per heavy atom. The second-order valence-electron chi connectivity index (χ2n) is 6.26. The molecule has 1 aromatic carbocycles. The third-order valence-corrected chi connectivity index (χ3v) is 4.34. The molecule has 1 amide bonds. The molecule has 1 atom stereocenters. The van der Waals surface area contributed by atoms with E-state index in [1.807, 2.05) is 51.1 Å². The van der Waals surface area contributed by atoms with E-state index in [0.717, 1.165) is 34.0 Å². The van der Waals surface area contributed by atoms with Crippen molar-refractivity contribution in [1.82, 2.24) is 25.3 Å². The van der Waals surface area contributed by atoms with Gasteiger partial charge in [-0.25, -0.2) is 0 Å². The number of H-pyrrole nitrogens is 1. The molecule has 0 spiro atoms. The van der Waals surface area contributed by atoms with Crippen LogP contribution >= 0.6 is 0 Å². The topological polar surface area (TPSA) is 84.8 Å². The average Bonchev–Trinajstić information content (AvgIpc) is 3.25. The van der Waals surface area contributed by atoms with E-state index in [9.17, 15) is 4.79 Å². The van der Waals surface area contributed by atoms with E-state index in [4.69, 9.17) is 4.74 Å². The van der Waals surface area contributed by atoms with Crippen molar-refractivity contribution in [1.29, 1.82) is 0 Å². The normalized spacial score (nSPS) is 12.0. The fourth-order valence-electron chi connectivity index (χ4n) is 2.93. The maximum Gasteiger partial charge on any atom is 0.244 e. The molecule has 0 aliphatic rings. The van der Waals surface area contributed by atoms with E-state index in [2.05, 4.69) is 20.6 Å². The van der Waals surface area contributed by atoms with Crippen molar-refractivity contribution in [3.63, 3.8) is 0 Å². The number of benzene rings is 1. The lowest BCUT2D eigenvalue weighted by Gasteiger charge is -2.14. The number of carbonyl (C=O) groups excluding carboxylic acids is 1. The summed E-state index contributed by atoms with van der Waals surface area (Å²) < 4.78 is 6.92. The molecule has 136 valence electrons. The van der Waals surface area contributed by atoms with Gasteiger partial charge in [-0.15, -0.1) is 0 Å². The Hall–Kier alpha value is -3.09. The van der Waals surface area contributed by atoms with Gasteiger partial charge in [0.1, 0.15) is 11.8 Å². The molecule has 0 radical (unpaired) electrons. The Balaban J connectivity index is 1.69. The number of carbonyl (C=O) groups is 1. The summed E-state index contributed by atoms with van der Waals surface area (Å²) in [6, 6.07) is 9.28. The fraction of sp³-hybridized carbons (Fsp3) is 0.316. The summed E-state index contributed by atoms with van der Waals surface area (Å²) in [6.45, 7) is 6.09. The Morgan fingerprint density at radius 1 is 1.31 bits per heavy atom. The first-order valence-electron chi connectivity index (χ1n) is 8.46. The molecular formula is C19H23N5O2. The number of nitrogens with zero attached hydrogens (tertiary/aromatic N) is 3. The number of rotatable bonds is 6. The molecule has 7 heteroatoms. The smallest absolute Gasteiger partial charge is 0.244 e. The highest BCUT2D eigenvalue weighted by atomic mass is 16.5. The lowest BCUT2D eigenvalue weighted by atomic mass is 10.1. The average molecular weight is 353 g/mol. The maximum atomic E-state index is 12.5. The van der Waals surface area contributed by atoms with E-state index >= 15 is 0 Å². The monoisotopic (exact) mass is 353 g/mol. The lowest BCUT2D eigenvalue weighted by Crippen LogP contribution is -2.31. The Morgan fingerprint density at radius 3 is 2.65 bits per heavy atom. The van der Waals surface area contributed by atoms with Crippen LogP contribution in [0.3, 0.4) is 0 Å². The van der Waals surface area contributed by atoms with Gasteiger partial charge in [0, 0.05) is 23.4 Å². The summed E-state index contributed by atoms with van der Waals surface area (Å²) in [4.78, 5) is 12.5. The summed E-state index contributed by atoms with van der Waals surface area (Å²) in [5, 5.41) is 14.5. The van der Waals surface area contributed by atoms with Crippen LogP contribution in [0.4, 0.5) is 0 Å². The van der Waals surface area contributed by atoms with Gasteiger partial charge >= 0.3 is 0 Å². The van der Waals surface area contributed by atoms with Crippen LogP contribution in [0.1, 0.15) is 29.9 Å². The van der Waals surface area contributed by atoms with E-state index < -0.39 is 0 Å². The van der Waals surface area contributed by atoms with Gasteiger partial charge in [0.05, 0.1) is 24.7 Å². The molecule has 0 fully saturated rings. The fourth-order valence-corrected chi connectivity index (χ4v) is 2.93. The van der Waals surface area contributed by atoms with Crippen LogP contribution in [-0.4, -0.2) is 33.0 Å². The highest BCUT2D eigenvalue weighted by Crippen LogP contribution is 2.23. The molecule has 0 aliphatic heterocycles. The Labute approximate surface area is 152 Å². The molecule has 2 N–H and O–H groups in total. The molecule has 26 heavy (non-hydrogen) atoms. The number of amides is 1. The lowest BCUT2D eigenvalue weighted by molar-refractivity contribution is -0.124. The molecule has 0 aliphatic carbocycles. The van der Waals surface area contributed by atoms with Crippen LogP contribution in [0.5, 0.6) is 5.75 Å². The number of nitrogens with one attached hydrogen (secondary N) is 2. The number of hydrogen-bond acceptors (Lipinski definition) is 4. The largest absolute Gasteiger partial charge is 0.497 e. The molecule has 1 unspecified atom stereocenters. The summed E-state index contributed by atoms with van der Waals surface area (Å²) >= 11 is 0. The molecular weight excluding hydrogens is 330 g/mol. The van der Waals surface area contributed by atoms with Crippen LogP contribution in [0, 0.1) is 13.8 Å². The van der Waals surface area contributed by atoms with Gasteiger partial charge in [0.15, 0.2) is 0 Å². The molecule has 0 bridgehead atoms. The summed E-state index contributed by atoms with van der Waals surface area (Å²) in [7, 11) is 1.64. The second-order valence-corrected chi connectivity index (χ2v) is 6.26. The SMILES string of the molecule is COc1ccc(-c2[nH]ncc2CNC(=O)C(C)n2nc(C)cc2C)cc1. The van der Waals surface area contributed by atoms with Crippen LogP contribution in [-0.2, 0) is 11.3 Å². The van der Waals surface area contributed by atoms with Crippen molar-refractivity contribution in [2.24, 2.45) is 0 Å². The quantitative estimate of drug-likeness (QED) is 0.714. The van der Waals surface area contributed by atoms with Crippen molar-refractivity contribution in [2.45, 2.75) is 33.4 Å². The summed E-state index contributed by atoms with van der Waals surface area (Å²) in [5.41, 5.74) is 4.65. The maximum absolute atomic E-state index is 12.5. The number of aromatic amines is 1. The van der Waals surface area contributed by atoms with Gasteiger partial charge in [-0.3, -0.25) is 14.6 Å². The standard InChI is InChI=1S/C19H23N5O2/c1-12-9-13(2)24(23-12)14(3)19(25)20-10-16-11-21-22-18(16)15-5-7-17(26-4)8-6-15/h5-9,11,14H,10H2,1-4H3,(H,20,25)(H,21,22). The number of aryl methyl sites for hydroxylation is 2. The van der Waals surface area contributed by atoms with Gasteiger partial charge in [-0.1, -0.05) is 0 Å². The van der Waals surface area contributed by atoms with Crippen molar-refractivity contribution >= 4 is 5.91 Å². The van der Waals surface area contributed by atoms with Gasteiger partial charge in [0.2, 0.25) is 5.91 Å². The molecule has 3 aromatic rings. The van der Waals surface area contributed by atoms with Crippen molar-refractivity contribution in [3.05, 3.63) is 53.5 Å². The predicted octanol–water partition coefficient (Wildman–Crippen LogP) is 2.78. The highest BCUT2D eigenvalue weighted by molar-refractivity contribution is 5.80. The Kier molecular flexibility index (Phi) is 5.06. The predicted molar refractivity (Wildman–Crippen MR) is 98.8 cm³/mol. The summed E-state index contributed by atoms with van der Waals surface area (Å²) in [6.07, 6.45) is 1.73. The zero-order valence-corrected chi connectivity index (χ0v) is 15.4. The number of hydrogen-bond donors (Lipinski definition) is 2. The van der Waals surface area contributed by atoms with E-state index in [-0.39, 0.29) is 11.9 Å². The Bertz CT molecular complexity index is 895. The first-order chi connectivity index (χ1) is 12.5. The van der Waals surface area contributed by atoms with Gasteiger partial charge in [-0.2, -0.15) is 10.2 Å². The van der Waals surface area contributed by atoms with E-state index in [1.165, 1.54) is 0 Å². The first kappa shape index (κ1) is 17.7. The first-order valence-corrected chi connectivity index (χ1v) is 8.46. The minimum atomic E-state index is -0.375. The van der Waals surface area contributed by atoms with Crippen molar-refractivity contribution in [2.75, 3.05) is 7.11 Å². The van der Waals surface area contributed by atoms with Crippen molar-refractivity contribution in [3.8, 4) is 17.0 Å². The third kappa shape index (κ3) is 3.61. The molecule has 2 aromatic heterocycles. The van der Waals surface area contributed by atoms with Gasteiger partial charge in [-0.05, 0) is 51.1 Å². The van der Waals surface area contributed by atoms with Gasteiger partial charge in [0.25, 0.3) is 0 Å². The zero-order chi connectivity index (χ0) is 18.7. The molecule has 3 rings (SSSR count). The van der Waals surface area contributed by atoms with Crippen LogP contribution in [0.25, 0.3) is 11.3 Å². The van der Waals surface area contributed by atoms with Crippen LogP contribution in [0.2, 0.25) is 0 Å². The minimum Gasteiger partial charge on any atom is -0.497 e. The number of methoxy groups -OCH3 is 1. The van der Waals surface area contributed by atoms with Crippen LogP contribution in [0.15, 0.2) is 36.5 Å².